The van der Waals surface area contributed by atoms with E-state index >= 15 is 4.79 Å². The Hall–Kier alpha value is -5.55. The molecule has 5 atom stereocenters. The molecule has 0 radical (unpaired) electrons. The highest BCUT2D eigenvalue weighted by Crippen LogP contribution is 2.61. The van der Waals surface area contributed by atoms with Gasteiger partial charge in [0.25, 0.3) is 5.91 Å². The molecule has 1 fully saturated rings. The van der Waals surface area contributed by atoms with Crippen LogP contribution < -0.4 is 19.7 Å². The number of carbonyl (C=O) groups is 3. The maximum absolute atomic E-state index is 15.6. The van der Waals surface area contributed by atoms with Gasteiger partial charge in [-0.15, -0.1) is 0 Å². The first-order valence-corrected chi connectivity index (χ1v) is 23.8. The predicted molar refractivity (Wildman–Crippen MR) is 232 cm³/mol. The van der Waals surface area contributed by atoms with Crippen molar-refractivity contribution in [2.75, 3.05) is 23.5 Å². The van der Waals surface area contributed by atoms with Crippen LogP contribution in [-0.4, -0.2) is 61.7 Å². The molecule has 1 saturated heterocycles. The number of hydrogen-bond donors (Lipinski definition) is 1. The summed E-state index contributed by atoms with van der Waals surface area (Å²) in [5, 5.41) is 11.8. The van der Waals surface area contributed by atoms with Crippen LogP contribution in [0.1, 0.15) is 47.6 Å². The summed E-state index contributed by atoms with van der Waals surface area (Å²) in [4.78, 5) is 49.6. The van der Waals surface area contributed by atoms with Crippen molar-refractivity contribution >= 4 is 48.0 Å². The van der Waals surface area contributed by atoms with E-state index in [9.17, 15) is 14.7 Å². The van der Waals surface area contributed by atoms with Crippen molar-refractivity contribution < 1.29 is 29.0 Å². The average molecular weight is 806 g/mol. The SMILES string of the molecule is COc1ccc([Si](C)(C)[C@H]2[C@H](CC(=O)N3Cc4ccccc4C[C@H]3CO)O[C@@]3(C(=O)N(Cc4ccccc4)c4ccc(N5C(=O)CCc6ccccc65)cc43)[C@@H]2C)cc1. The van der Waals surface area contributed by atoms with Crippen LogP contribution in [0.25, 0.3) is 0 Å². The van der Waals surface area contributed by atoms with Gasteiger partial charge < -0.3 is 24.4 Å². The lowest BCUT2D eigenvalue weighted by Crippen LogP contribution is -2.52. The number of hydrogen-bond acceptors (Lipinski definition) is 6. The molecule has 4 heterocycles. The third-order valence-corrected chi connectivity index (χ3v) is 18.0. The number of carbonyl (C=O) groups excluding carboxylic acids is 3. The number of aliphatic hydroxyl groups is 1. The molecule has 59 heavy (non-hydrogen) atoms. The van der Waals surface area contributed by atoms with Gasteiger partial charge in [-0.2, -0.15) is 0 Å². The summed E-state index contributed by atoms with van der Waals surface area (Å²) in [5.74, 6) is 0.140. The zero-order valence-corrected chi connectivity index (χ0v) is 35.1. The number of para-hydroxylation sites is 1. The Morgan fingerprint density at radius 1 is 0.847 bits per heavy atom. The molecule has 1 spiro atoms. The van der Waals surface area contributed by atoms with Gasteiger partial charge in [0.15, 0.2) is 5.60 Å². The lowest BCUT2D eigenvalue weighted by Gasteiger charge is -2.39. The molecule has 1 N–H and O–H groups in total. The van der Waals surface area contributed by atoms with Gasteiger partial charge in [0.1, 0.15) is 5.75 Å². The van der Waals surface area contributed by atoms with Crippen molar-refractivity contribution in [2.24, 2.45) is 5.92 Å². The average Bonchev–Trinajstić information content (AvgIpc) is 3.68. The van der Waals surface area contributed by atoms with Gasteiger partial charge in [-0.3, -0.25) is 19.3 Å². The molecule has 0 unspecified atom stereocenters. The number of benzene rings is 5. The standard InChI is InChI=1S/C49H51N3O6Si/c1-32-47(59(3,4)40-22-20-39(57-2)21-23-40)44(28-46(55)50-30-36-16-9-8-15-35(36)26-38(50)31-53)58-49(32)41-27-37(52-42-17-11-10-14-34(42)18-25-45(52)54)19-24-43(41)51(48(49)56)29-33-12-6-5-7-13-33/h5-17,19-24,27,32,38,44,47,53H,18,25-26,28-31H2,1-4H3/t32-,38+,44+,47-,49+/m1/s1. The van der Waals surface area contributed by atoms with Crippen molar-refractivity contribution in [2.45, 2.75) is 82.1 Å². The van der Waals surface area contributed by atoms with Crippen LogP contribution in [0, 0.1) is 5.92 Å². The second-order valence-corrected chi connectivity index (χ2v) is 21.8. The normalized spacial score (nSPS) is 23.6. The van der Waals surface area contributed by atoms with Gasteiger partial charge in [0, 0.05) is 30.1 Å². The van der Waals surface area contributed by atoms with Crippen LogP contribution in [0.5, 0.6) is 5.75 Å². The number of aryl methyl sites for hydroxylation is 1. The Balaban J connectivity index is 1.18. The van der Waals surface area contributed by atoms with E-state index in [1.165, 1.54) is 5.19 Å². The largest absolute Gasteiger partial charge is 0.497 e. The number of fused-ring (bicyclic) bond motifs is 4. The monoisotopic (exact) mass is 805 g/mol. The summed E-state index contributed by atoms with van der Waals surface area (Å²) < 4.78 is 13.0. The van der Waals surface area contributed by atoms with Gasteiger partial charge in [0.05, 0.1) is 58.3 Å². The van der Waals surface area contributed by atoms with E-state index in [0.29, 0.717) is 38.0 Å². The number of ether oxygens (including phenoxy) is 2. The molecule has 4 aliphatic rings. The molecule has 0 saturated carbocycles. The minimum Gasteiger partial charge on any atom is -0.497 e. The number of nitrogens with zero attached hydrogens (tertiary/aromatic N) is 3. The Kier molecular flexibility index (Phi) is 10.1. The quantitative estimate of drug-likeness (QED) is 0.156. The van der Waals surface area contributed by atoms with Crippen LogP contribution in [0.3, 0.4) is 0 Å². The van der Waals surface area contributed by atoms with Crippen molar-refractivity contribution in [3.63, 3.8) is 0 Å². The van der Waals surface area contributed by atoms with Gasteiger partial charge in [-0.05, 0) is 77.0 Å². The van der Waals surface area contributed by atoms with E-state index in [-0.39, 0.29) is 48.3 Å². The van der Waals surface area contributed by atoms with Crippen molar-refractivity contribution in [1.29, 1.82) is 0 Å². The Morgan fingerprint density at radius 2 is 1.54 bits per heavy atom. The number of methoxy groups -OCH3 is 1. The first-order valence-electron chi connectivity index (χ1n) is 20.8. The molecular weight excluding hydrogens is 755 g/mol. The smallest absolute Gasteiger partial charge is 0.264 e. The number of rotatable bonds is 9. The summed E-state index contributed by atoms with van der Waals surface area (Å²) in [5.41, 5.74) is 5.68. The fourth-order valence-electron chi connectivity index (χ4n) is 10.6. The summed E-state index contributed by atoms with van der Waals surface area (Å²) in [6, 6.07) is 39.8. The molecule has 4 aliphatic heterocycles. The van der Waals surface area contributed by atoms with Crippen LogP contribution >= 0.6 is 0 Å². The molecule has 302 valence electrons. The summed E-state index contributed by atoms with van der Waals surface area (Å²) >= 11 is 0. The number of amides is 3. The fourth-order valence-corrected chi connectivity index (χ4v) is 14.6. The highest BCUT2D eigenvalue weighted by atomic mass is 28.3. The lowest BCUT2D eigenvalue weighted by atomic mass is 9.82. The lowest BCUT2D eigenvalue weighted by molar-refractivity contribution is -0.151. The summed E-state index contributed by atoms with van der Waals surface area (Å²) in [6.07, 6.45) is 1.07. The molecule has 10 heteroatoms. The zero-order chi connectivity index (χ0) is 41.1. The summed E-state index contributed by atoms with van der Waals surface area (Å²) in [6.45, 7) is 7.34. The molecule has 9 rings (SSSR count). The maximum Gasteiger partial charge on any atom is 0.264 e. The van der Waals surface area contributed by atoms with E-state index < -0.39 is 19.8 Å². The van der Waals surface area contributed by atoms with Crippen molar-refractivity contribution in [3.05, 3.63) is 149 Å². The molecule has 9 nitrogen and oxygen atoms in total. The predicted octanol–water partition coefficient (Wildman–Crippen LogP) is 7.40. The van der Waals surface area contributed by atoms with Gasteiger partial charge in [0.2, 0.25) is 11.8 Å². The third-order valence-electron chi connectivity index (χ3n) is 13.6. The van der Waals surface area contributed by atoms with Crippen LogP contribution in [0.2, 0.25) is 18.6 Å². The summed E-state index contributed by atoms with van der Waals surface area (Å²) in [7, 11) is -0.932. The van der Waals surface area contributed by atoms with Crippen LogP contribution in [0.4, 0.5) is 17.1 Å². The Bertz CT molecular complexity index is 2420. The topological polar surface area (TPSA) is 99.6 Å². The zero-order valence-electron chi connectivity index (χ0n) is 34.1. The first kappa shape index (κ1) is 38.9. The highest BCUT2D eigenvalue weighted by Gasteiger charge is 2.66. The van der Waals surface area contributed by atoms with E-state index in [2.05, 4.69) is 44.3 Å². The molecule has 5 aromatic carbocycles. The third kappa shape index (κ3) is 6.49. The van der Waals surface area contributed by atoms with Gasteiger partial charge in [-0.25, -0.2) is 0 Å². The van der Waals surface area contributed by atoms with Gasteiger partial charge in [-0.1, -0.05) is 110 Å². The molecular formula is C49H51N3O6Si. The maximum atomic E-state index is 15.6. The number of aliphatic hydroxyl groups excluding tert-OH is 1. The van der Waals surface area contributed by atoms with E-state index in [1.807, 2.05) is 107 Å². The minimum absolute atomic E-state index is 0.000470. The molecule has 5 aromatic rings. The van der Waals surface area contributed by atoms with Crippen molar-refractivity contribution in [3.8, 4) is 5.75 Å². The fraction of sp³-hybridized carbons (Fsp3) is 0.327. The van der Waals surface area contributed by atoms with E-state index in [4.69, 9.17) is 9.47 Å². The Labute approximate surface area is 347 Å². The first-order chi connectivity index (χ1) is 28.5. The molecule has 3 amide bonds. The van der Waals surface area contributed by atoms with E-state index in [1.54, 1.807) is 12.0 Å². The Morgan fingerprint density at radius 3 is 2.27 bits per heavy atom. The molecule has 0 bridgehead atoms. The van der Waals surface area contributed by atoms with E-state index in [0.717, 1.165) is 44.9 Å². The minimum atomic E-state index is -2.59. The molecule has 0 aliphatic carbocycles. The molecule has 0 aromatic heterocycles. The highest BCUT2D eigenvalue weighted by molar-refractivity contribution is 6.91. The van der Waals surface area contributed by atoms with Gasteiger partial charge >= 0.3 is 0 Å². The number of anilines is 3. The van der Waals surface area contributed by atoms with Crippen molar-refractivity contribution in [1.82, 2.24) is 4.90 Å². The van der Waals surface area contributed by atoms with Crippen LogP contribution in [0.15, 0.2) is 121 Å². The second kappa shape index (κ2) is 15.2. The van der Waals surface area contributed by atoms with Crippen LogP contribution in [-0.2, 0) is 50.7 Å². The second-order valence-electron chi connectivity index (χ2n) is 17.1.